The van der Waals surface area contributed by atoms with Crippen LogP contribution < -0.4 is 11.1 Å². The second-order valence-electron chi connectivity index (χ2n) is 4.91. The summed E-state index contributed by atoms with van der Waals surface area (Å²) >= 11 is 0. The lowest BCUT2D eigenvalue weighted by molar-refractivity contribution is 0.412. The fraction of sp³-hybridized carbons (Fsp3) is 0.692. The lowest BCUT2D eigenvalue weighted by atomic mass is 9.96. The molecule has 0 amide bonds. The molecule has 1 aromatic heterocycles. The van der Waals surface area contributed by atoms with Gasteiger partial charge in [0.15, 0.2) is 5.96 Å². The van der Waals surface area contributed by atoms with E-state index in [9.17, 15) is 0 Å². The number of aromatic nitrogens is 2. The van der Waals surface area contributed by atoms with E-state index in [1.807, 2.05) is 19.3 Å². The first-order valence-electron chi connectivity index (χ1n) is 6.80. The Bertz CT molecular complexity index is 390. The Morgan fingerprint density at radius 2 is 2.28 bits per heavy atom. The van der Waals surface area contributed by atoms with E-state index >= 15 is 0 Å². The van der Waals surface area contributed by atoms with E-state index in [1.165, 1.54) is 32.1 Å². The molecule has 5 heteroatoms. The van der Waals surface area contributed by atoms with E-state index in [0.717, 1.165) is 12.4 Å². The molecule has 1 aliphatic rings. The van der Waals surface area contributed by atoms with E-state index in [-0.39, 0.29) is 0 Å². The van der Waals surface area contributed by atoms with Crippen molar-refractivity contribution in [2.45, 2.75) is 51.6 Å². The van der Waals surface area contributed by atoms with Gasteiger partial charge in [-0.3, -0.25) is 4.99 Å². The van der Waals surface area contributed by atoms with Gasteiger partial charge in [0.1, 0.15) is 5.82 Å². The van der Waals surface area contributed by atoms with Crippen LogP contribution in [-0.4, -0.2) is 28.1 Å². The molecule has 5 nitrogen and oxygen atoms in total. The summed E-state index contributed by atoms with van der Waals surface area (Å²) in [6.45, 7) is 3.52. The molecule has 0 spiro atoms. The number of rotatable bonds is 4. The maximum absolute atomic E-state index is 5.90. The third kappa shape index (κ3) is 3.75. The number of hydrogen-bond donors (Lipinski definition) is 2. The minimum absolute atomic E-state index is 0.525. The standard InChI is InChI=1S/C13H23N5/c1-11-15-7-9-18(11)10-8-16-13(14)17-12-5-3-2-4-6-12/h7,9,12H,2-6,8,10H2,1H3,(H3,14,16,17). The van der Waals surface area contributed by atoms with Crippen LogP contribution in [-0.2, 0) is 6.54 Å². The van der Waals surface area contributed by atoms with Gasteiger partial charge in [-0.05, 0) is 19.8 Å². The fourth-order valence-corrected chi connectivity index (χ4v) is 2.42. The molecule has 1 heterocycles. The lowest BCUT2D eigenvalue weighted by Crippen LogP contribution is -2.41. The molecule has 1 aromatic rings. The molecule has 0 saturated heterocycles. The van der Waals surface area contributed by atoms with Gasteiger partial charge >= 0.3 is 0 Å². The van der Waals surface area contributed by atoms with Crippen molar-refractivity contribution in [2.24, 2.45) is 10.7 Å². The Morgan fingerprint density at radius 3 is 2.94 bits per heavy atom. The quantitative estimate of drug-likeness (QED) is 0.626. The lowest BCUT2D eigenvalue weighted by Gasteiger charge is -2.23. The minimum atomic E-state index is 0.525. The SMILES string of the molecule is Cc1nccn1CCN=C(N)NC1CCCCC1. The average Bonchev–Trinajstić information content (AvgIpc) is 2.76. The number of guanidine groups is 1. The Morgan fingerprint density at radius 1 is 1.50 bits per heavy atom. The number of imidazole rings is 1. The minimum Gasteiger partial charge on any atom is -0.370 e. The summed E-state index contributed by atoms with van der Waals surface area (Å²) in [4.78, 5) is 8.54. The first-order valence-corrected chi connectivity index (χ1v) is 6.80. The summed E-state index contributed by atoms with van der Waals surface area (Å²) in [6.07, 6.45) is 10.2. The predicted octanol–water partition coefficient (Wildman–Crippen LogP) is 1.43. The zero-order valence-electron chi connectivity index (χ0n) is 11.1. The Balaban J connectivity index is 1.73. The second-order valence-corrected chi connectivity index (χ2v) is 4.91. The highest BCUT2D eigenvalue weighted by molar-refractivity contribution is 5.78. The molecular formula is C13H23N5. The van der Waals surface area contributed by atoms with Crippen LogP contribution in [0, 0.1) is 6.92 Å². The van der Waals surface area contributed by atoms with E-state index < -0.39 is 0 Å². The van der Waals surface area contributed by atoms with Gasteiger partial charge in [0.2, 0.25) is 0 Å². The summed E-state index contributed by atoms with van der Waals surface area (Å²) < 4.78 is 2.08. The Labute approximate surface area is 108 Å². The number of nitrogens with zero attached hydrogens (tertiary/aromatic N) is 3. The van der Waals surface area contributed by atoms with Crippen LogP contribution in [0.2, 0.25) is 0 Å². The zero-order chi connectivity index (χ0) is 12.8. The third-order valence-corrected chi connectivity index (χ3v) is 3.50. The summed E-state index contributed by atoms with van der Waals surface area (Å²) in [5, 5.41) is 3.32. The monoisotopic (exact) mass is 249 g/mol. The molecule has 3 N–H and O–H groups in total. The molecule has 18 heavy (non-hydrogen) atoms. The van der Waals surface area contributed by atoms with E-state index in [4.69, 9.17) is 5.73 Å². The van der Waals surface area contributed by atoms with E-state index in [1.54, 1.807) is 0 Å². The normalized spacial score (nSPS) is 17.9. The molecule has 100 valence electrons. The van der Waals surface area contributed by atoms with Gasteiger partial charge in [0.05, 0.1) is 6.54 Å². The molecule has 0 aromatic carbocycles. The molecule has 0 atom stereocenters. The van der Waals surface area contributed by atoms with Crippen LogP contribution in [0.25, 0.3) is 0 Å². The van der Waals surface area contributed by atoms with Gasteiger partial charge in [-0.1, -0.05) is 19.3 Å². The first kappa shape index (κ1) is 12.9. The summed E-state index contributed by atoms with van der Waals surface area (Å²) in [5.41, 5.74) is 5.90. The molecule has 0 unspecified atom stereocenters. The van der Waals surface area contributed by atoms with Crippen LogP contribution in [0.1, 0.15) is 37.9 Å². The highest BCUT2D eigenvalue weighted by Gasteiger charge is 2.13. The molecule has 1 aliphatic carbocycles. The number of aliphatic imine (C=N–C) groups is 1. The van der Waals surface area contributed by atoms with Crippen molar-refractivity contribution in [1.82, 2.24) is 14.9 Å². The van der Waals surface area contributed by atoms with Crippen molar-refractivity contribution in [3.8, 4) is 0 Å². The van der Waals surface area contributed by atoms with Gasteiger partial charge in [0.25, 0.3) is 0 Å². The van der Waals surface area contributed by atoms with Crippen molar-refractivity contribution >= 4 is 5.96 Å². The molecule has 0 bridgehead atoms. The van der Waals surface area contributed by atoms with Crippen LogP contribution in [0.5, 0.6) is 0 Å². The smallest absolute Gasteiger partial charge is 0.188 e. The van der Waals surface area contributed by atoms with Crippen LogP contribution in [0.15, 0.2) is 17.4 Å². The summed E-state index contributed by atoms with van der Waals surface area (Å²) in [5.74, 6) is 1.60. The van der Waals surface area contributed by atoms with Gasteiger partial charge in [-0.15, -0.1) is 0 Å². The van der Waals surface area contributed by atoms with Gasteiger partial charge in [0, 0.05) is 25.0 Å². The summed E-state index contributed by atoms with van der Waals surface area (Å²) in [7, 11) is 0. The van der Waals surface area contributed by atoms with E-state index in [2.05, 4.69) is 19.9 Å². The topological polar surface area (TPSA) is 68.2 Å². The van der Waals surface area contributed by atoms with Crippen molar-refractivity contribution in [3.05, 3.63) is 18.2 Å². The third-order valence-electron chi connectivity index (χ3n) is 3.50. The van der Waals surface area contributed by atoms with Crippen LogP contribution in [0.4, 0.5) is 0 Å². The molecule has 0 radical (unpaired) electrons. The highest BCUT2D eigenvalue weighted by atomic mass is 15.1. The number of hydrogen-bond acceptors (Lipinski definition) is 2. The zero-order valence-corrected chi connectivity index (χ0v) is 11.1. The van der Waals surface area contributed by atoms with Crippen molar-refractivity contribution in [1.29, 1.82) is 0 Å². The van der Waals surface area contributed by atoms with Gasteiger partial charge < -0.3 is 15.6 Å². The van der Waals surface area contributed by atoms with Crippen molar-refractivity contribution in [2.75, 3.05) is 6.54 Å². The number of nitrogens with two attached hydrogens (primary N) is 1. The van der Waals surface area contributed by atoms with Crippen LogP contribution in [0.3, 0.4) is 0 Å². The first-order chi connectivity index (χ1) is 8.75. The largest absolute Gasteiger partial charge is 0.370 e. The fourth-order valence-electron chi connectivity index (χ4n) is 2.42. The van der Waals surface area contributed by atoms with E-state index in [0.29, 0.717) is 18.5 Å². The Kier molecular flexibility index (Phi) is 4.61. The number of nitrogens with one attached hydrogen (secondary N) is 1. The molecule has 2 rings (SSSR count). The predicted molar refractivity (Wildman–Crippen MR) is 73.5 cm³/mol. The van der Waals surface area contributed by atoms with Crippen molar-refractivity contribution in [3.63, 3.8) is 0 Å². The maximum Gasteiger partial charge on any atom is 0.188 e. The van der Waals surface area contributed by atoms with Gasteiger partial charge in [-0.25, -0.2) is 4.98 Å². The number of aryl methyl sites for hydroxylation is 1. The van der Waals surface area contributed by atoms with Crippen molar-refractivity contribution < 1.29 is 0 Å². The average molecular weight is 249 g/mol. The highest BCUT2D eigenvalue weighted by Crippen LogP contribution is 2.16. The molecule has 1 fully saturated rings. The second kappa shape index (κ2) is 6.42. The molecule has 1 saturated carbocycles. The molecule has 0 aliphatic heterocycles. The van der Waals surface area contributed by atoms with Crippen LogP contribution >= 0.6 is 0 Å². The summed E-state index contributed by atoms with van der Waals surface area (Å²) in [6, 6.07) is 0.525. The maximum atomic E-state index is 5.90. The Hall–Kier alpha value is -1.52. The molecular weight excluding hydrogens is 226 g/mol. The van der Waals surface area contributed by atoms with Gasteiger partial charge in [-0.2, -0.15) is 0 Å².